The summed E-state index contributed by atoms with van der Waals surface area (Å²) in [4.78, 5) is 50.0. The third kappa shape index (κ3) is 6.06. The summed E-state index contributed by atoms with van der Waals surface area (Å²) >= 11 is 0. The highest BCUT2D eigenvalue weighted by atomic mass is 32.2. The molecule has 0 aromatic heterocycles. The number of ketones is 1. The van der Waals surface area contributed by atoms with E-state index in [1.165, 1.54) is 6.92 Å². The number of hydrogen-bond donors (Lipinski definition) is 1. The van der Waals surface area contributed by atoms with Crippen molar-refractivity contribution in [2.24, 2.45) is 0 Å². The van der Waals surface area contributed by atoms with Gasteiger partial charge in [-0.3, -0.25) is 14.1 Å². The van der Waals surface area contributed by atoms with Crippen LogP contribution < -0.4 is 0 Å². The molecule has 1 saturated heterocycles. The Kier molecular flexibility index (Phi) is 6.82. The van der Waals surface area contributed by atoms with Crippen LogP contribution in [0, 0.1) is 0 Å². The maximum atomic E-state index is 11.6. The molecule has 1 rings (SSSR count). The Balaban J connectivity index is 2.36. The standard InChI is InChI=1S/C13H19NO8S/c1-9(15)6-4-2-3-5-7-12(17)22-14-11(16)8-10(13(14)18)23(19,20)21/h10H,2-8H2,1H3,(H,19,20,21). The number of hydroxylamine groups is 2. The van der Waals surface area contributed by atoms with Crippen molar-refractivity contribution in [3.8, 4) is 0 Å². The molecule has 1 N–H and O–H groups in total. The zero-order valence-electron chi connectivity index (χ0n) is 12.7. The van der Waals surface area contributed by atoms with Gasteiger partial charge in [0.25, 0.3) is 21.9 Å². The van der Waals surface area contributed by atoms with Crippen molar-refractivity contribution in [3.63, 3.8) is 0 Å². The van der Waals surface area contributed by atoms with Gasteiger partial charge in [0, 0.05) is 12.8 Å². The first-order valence-electron chi connectivity index (χ1n) is 7.16. The molecule has 130 valence electrons. The lowest BCUT2D eigenvalue weighted by molar-refractivity contribution is -0.197. The maximum absolute atomic E-state index is 11.6. The van der Waals surface area contributed by atoms with Crippen LogP contribution in [-0.4, -0.2) is 46.9 Å². The van der Waals surface area contributed by atoms with E-state index in [1.54, 1.807) is 0 Å². The van der Waals surface area contributed by atoms with Crippen LogP contribution in [0.5, 0.6) is 0 Å². The molecule has 0 radical (unpaired) electrons. The van der Waals surface area contributed by atoms with Crippen LogP contribution in [0.3, 0.4) is 0 Å². The smallest absolute Gasteiger partial charge is 0.330 e. The molecule has 0 aromatic rings. The average Bonchev–Trinajstić information content (AvgIpc) is 2.70. The van der Waals surface area contributed by atoms with Crippen molar-refractivity contribution in [2.75, 3.05) is 0 Å². The number of hydrogen-bond acceptors (Lipinski definition) is 7. The van der Waals surface area contributed by atoms with Gasteiger partial charge >= 0.3 is 5.97 Å². The summed E-state index contributed by atoms with van der Waals surface area (Å²) in [7, 11) is -4.72. The monoisotopic (exact) mass is 349 g/mol. The topological polar surface area (TPSA) is 135 Å². The Hall–Kier alpha value is -1.81. The third-order valence-corrected chi connectivity index (χ3v) is 4.36. The fraction of sp³-hybridized carbons (Fsp3) is 0.692. The van der Waals surface area contributed by atoms with E-state index in [0.29, 0.717) is 19.3 Å². The molecule has 1 fully saturated rings. The quantitative estimate of drug-likeness (QED) is 0.359. The van der Waals surface area contributed by atoms with Crippen molar-refractivity contribution in [1.29, 1.82) is 0 Å². The molecule has 1 heterocycles. The Morgan fingerprint density at radius 1 is 1.17 bits per heavy atom. The van der Waals surface area contributed by atoms with Crippen molar-refractivity contribution in [1.82, 2.24) is 5.06 Å². The van der Waals surface area contributed by atoms with Crippen LogP contribution in [0.2, 0.25) is 0 Å². The van der Waals surface area contributed by atoms with E-state index in [9.17, 15) is 27.6 Å². The van der Waals surface area contributed by atoms with Crippen LogP contribution in [0.15, 0.2) is 0 Å². The number of carbonyl (C=O) groups is 4. The molecule has 10 heteroatoms. The van der Waals surface area contributed by atoms with Gasteiger partial charge in [-0.2, -0.15) is 8.42 Å². The number of unbranched alkanes of at least 4 members (excludes halogenated alkanes) is 3. The van der Waals surface area contributed by atoms with E-state index in [4.69, 9.17) is 4.55 Å². The molecule has 1 unspecified atom stereocenters. The van der Waals surface area contributed by atoms with Gasteiger partial charge in [0.05, 0.1) is 6.42 Å². The highest BCUT2D eigenvalue weighted by molar-refractivity contribution is 7.87. The Morgan fingerprint density at radius 3 is 2.22 bits per heavy atom. The summed E-state index contributed by atoms with van der Waals surface area (Å²) in [5.41, 5.74) is 0. The Labute approximate surface area is 133 Å². The van der Waals surface area contributed by atoms with Crippen molar-refractivity contribution in [2.45, 2.75) is 57.1 Å². The summed E-state index contributed by atoms with van der Waals surface area (Å²) in [5, 5.41) is -1.83. The first kappa shape index (κ1) is 19.2. The molecule has 0 bridgehead atoms. The molecule has 9 nitrogen and oxygen atoms in total. The van der Waals surface area contributed by atoms with E-state index < -0.39 is 39.6 Å². The lowest BCUT2D eigenvalue weighted by Gasteiger charge is -2.13. The zero-order valence-corrected chi connectivity index (χ0v) is 13.5. The first-order valence-corrected chi connectivity index (χ1v) is 8.66. The number of imide groups is 1. The van der Waals surface area contributed by atoms with E-state index in [2.05, 4.69) is 4.84 Å². The Morgan fingerprint density at radius 2 is 1.74 bits per heavy atom. The van der Waals surface area contributed by atoms with Gasteiger partial charge in [-0.15, -0.1) is 5.06 Å². The van der Waals surface area contributed by atoms with Gasteiger partial charge in [-0.05, 0) is 19.8 Å². The normalized spacial score (nSPS) is 18.3. The maximum Gasteiger partial charge on any atom is 0.333 e. The average molecular weight is 349 g/mol. The minimum atomic E-state index is -4.72. The number of nitrogens with zero attached hydrogens (tertiary/aromatic N) is 1. The molecule has 0 aromatic carbocycles. The lowest BCUT2D eigenvalue weighted by Crippen LogP contribution is -2.36. The second kappa shape index (κ2) is 8.16. The van der Waals surface area contributed by atoms with Crippen LogP contribution >= 0.6 is 0 Å². The molecule has 23 heavy (non-hydrogen) atoms. The summed E-state index contributed by atoms with van der Waals surface area (Å²) in [6, 6.07) is 0. The largest absolute Gasteiger partial charge is 0.333 e. The van der Waals surface area contributed by atoms with Gasteiger partial charge in [-0.25, -0.2) is 4.79 Å². The lowest BCUT2D eigenvalue weighted by atomic mass is 10.1. The number of rotatable bonds is 9. The summed E-state index contributed by atoms with van der Waals surface area (Å²) in [6.07, 6.45) is 2.30. The van der Waals surface area contributed by atoms with E-state index in [1.807, 2.05) is 0 Å². The fourth-order valence-electron chi connectivity index (χ4n) is 2.06. The molecule has 0 aliphatic carbocycles. The molecule has 0 spiro atoms. The summed E-state index contributed by atoms with van der Waals surface area (Å²) in [5.74, 6) is -3.00. The van der Waals surface area contributed by atoms with Crippen LogP contribution in [0.1, 0.15) is 51.9 Å². The highest BCUT2D eigenvalue weighted by Crippen LogP contribution is 2.20. The van der Waals surface area contributed by atoms with Gasteiger partial charge in [0.2, 0.25) is 0 Å². The second-order valence-electron chi connectivity index (χ2n) is 5.31. The van der Waals surface area contributed by atoms with Crippen molar-refractivity contribution >= 4 is 33.7 Å². The molecule has 1 aliphatic rings. The molecular weight excluding hydrogens is 330 g/mol. The SMILES string of the molecule is CC(=O)CCCCCCC(=O)ON1C(=O)CC(S(=O)(=O)O)C1=O. The highest BCUT2D eigenvalue weighted by Gasteiger charge is 2.48. The van der Waals surface area contributed by atoms with Crippen molar-refractivity contribution < 1.29 is 37.0 Å². The molecule has 1 atom stereocenters. The zero-order chi connectivity index (χ0) is 17.6. The Bertz CT molecular complexity index is 597. The summed E-state index contributed by atoms with van der Waals surface area (Å²) in [6.45, 7) is 1.50. The van der Waals surface area contributed by atoms with Crippen LogP contribution in [0.25, 0.3) is 0 Å². The van der Waals surface area contributed by atoms with Gasteiger partial charge in [0.15, 0.2) is 5.25 Å². The van der Waals surface area contributed by atoms with Crippen molar-refractivity contribution in [3.05, 3.63) is 0 Å². The van der Waals surface area contributed by atoms with Gasteiger partial charge < -0.3 is 9.63 Å². The van der Waals surface area contributed by atoms with E-state index >= 15 is 0 Å². The fourth-order valence-corrected chi connectivity index (χ4v) is 2.76. The molecule has 0 saturated carbocycles. The minimum absolute atomic E-state index is 0.0479. The van der Waals surface area contributed by atoms with Gasteiger partial charge in [-0.1, -0.05) is 12.8 Å². The van der Waals surface area contributed by atoms with E-state index in [-0.39, 0.29) is 17.3 Å². The number of Topliss-reactive ketones (excluding diaryl/α,β-unsaturated/α-hetero) is 1. The van der Waals surface area contributed by atoms with E-state index in [0.717, 1.165) is 12.8 Å². The minimum Gasteiger partial charge on any atom is -0.330 e. The van der Waals surface area contributed by atoms with Crippen LogP contribution in [0.4, 0.5) is 0 Å². The molecule has 2 amide bonds. The third-order valence-electron chi connectivity index (χ3n) is 3.27. The predicted octanol–water partition coefficient (Wildman–Crippen LogP) is 0.390. The molecule has 1 aliphatic heterocycles. The second-order valence-corrected chi connectivity index (χ2v) is 6.91. The van der Waals surface area contributed by atoms with Crippen LogP contribution in [-0.2, 0) is 34.1 Å². The van der Waals surface area contributed by atoms with Gasteiger partial charge in [0.1, 0.15) is 5.78 Å². The first-order chi connectivity index (χ1) is 10.6. The number of amides is 2. The summed E-state index contributed by atoms with van der Waals surface area (Å²) < 4.78 is 30.7. The molecular formula is C13H19NO8S. The predicted molar refractivity (Wildman–Crippen MR) is 76.3 cm³/mol. The number of carbonyl (C=O) groups excluding carboxylic acids is 4.